The van der Waals surface area contributed by atoms with Gasteiger partial charge in [-0.25, -0.2) is 4.79 Å². The van der Waals surface area contributed by atoms with Crippen LogP contribution in [0.2, 0.25) is 0 Å². The predicted molar refractivity (Wildman–Crippen MR) is 102 cm³/mol. The number of carbonyl (C=O) groups excluding carboxylic acids is 1. The summed E-state index contributed by atoms with van der Waals surface area (Å²) in [6.45, 7) is 9.31. The number of allylic oxidation sites excluding steroid dienone is 3. The van der Waals surface area contributed by atoms with E-state index in [4.69, 9.17) is 20.6 Å². The molecule has 0 atom stereocenters. The maximum atomic E-state index is 12.1. The highest BCUT2D eigenvalue weighted by molar-refractivity contribution is 6.10. The molecule has 0 bridgehead atoms. The van der Waals surface area contributed by atoms with Crippen molar-refractivity contribution in [3.8, 4) is 0 Å². The summed E-state index contributed by atoms with van der Waals surface area (Å²) >= 11 is 0. The first-order valence-corrected chi connectivity index (χ1v) is 9.04. The molecule has 0 radical (unpaired) electrons. The number of nitrogens with zero attached hydrogens (tertiary/aromatic N) is 1. The quantitative estimate of drug-likeness (QED) is 0.714. The summed E-state index contributed by atoms with van der Waals surface area (Å²) in [6.07, 6.45) is 6.61. The van der Waals surface area contributed by atoms with E-state index < -0.39 is 5.60 Å². The molecule has 1 amide bonds. The van der Waals surface area contributed by atoms with Gasteiger partial charge in [0.1, 0.15) is 11.4 Å². The standard InChI is InChI=1S/C19H30N4O3/c1-5-25-17-11-15(20)13(10-16(17)21)12-22-14-6-8-23(9-7-14)18(24)26-19(2,3)4/h10-12,14,20,22H,5-9,21H2,1-4H3/b13-12-,20-15?. The van der Waals surface area contributed by atoms with Gasteiger partial charge in [0, 0.05) is 37.0 Å². The minimum atomic E-state index is -0.474. The fraction of sp³-hybridized carbons (Fsp3) is 0.579. The molecule has 1 saturated heterocycles. The second kappa shape index (κ2) is 8.29. The lowest BCUT2D eigenvalue weighted by Crippen LogP contribution is -2.45. The number of likely N-dealkylation sites (tertiary alicyclic amines) is 1. The third-order valence-electron chi connectivity index (χ3n) is 4.10. The monoisotopic (exact) mass is 362 g/mol. The van der Waals surface area contributed by atoms with E-state index in [1.54, 1.807) is 17.1 Å². The van der Waals surface area contributed by atoms with Gasteiger partial charge in [-0.05, 0) is 46.6 Å². The van der Waals surface area contributed by atoms with Crippen LogP contribution in [0.4, 0.5) is 4.79 Å². The Morgan fingerprint density at radius 1 is 1.38 bits per heavy atom. The van der Waals surface area contributed by atoms with Crippen LogP contribution in [0.25, 0.3) is 0 Å². The average Bonchev–Trinajstić information content (AvgIpc) is 2.56. The van der Waals surface area contributed by atoms with Gasteiger partial charge in [0.15, 0.2) is 0 Å². The third-order valence-corrected chi connectivity index (χ3v) is 4.10. The van der Waals surface area contributed by atoms with Crippen LogP contribution in [0.15, 0.2) is 35.4 Å². The Kier molecular flexibility index (Phi) is 6.34. The number of amides is 1. The van der Waals surface area contributed by atoms with Gasteiger partial charge < -0.3 is 30.8 Å². The molecule has 1 fully saturated rings. The Labute approximate surface area is 155 Å². The van der Waals surface area contributed by atoms with Crippen molar-refractivity contribution in [2.45, 2.75) is 52.2 Å². The van der Waals surface area contributed by atoms with Gasteiger partial charge in [-0.1, -0.05) is 0 Å². The SMILES string of the molecule is CCOC1=CC(=N)/C(=C\NC2CCN(C(=O)OC(C)(C)C)CC2)C=C1N. The van der Waals surface area contributed by atoms with E-state index in [1.807, 2.05) is 33.9 Å². The zero-order valence-electron chi connectivity index (χ0n) is 16.1. The van der Waals surface area contributed by atoms with Crippen molar-refractivity contribution in [3.63, 3.8) is 0 Å². The van der Waals surface area contributed by atoms with Crippen LogP contribution < -0.4 is 11.1 Å². The molecule has 1 aliphatic carbocycles. The number of ether oxygens (including phenoxy) is 2. The number of hydrogen-bond donors (Lipinski definition) is 3. The Morgan fingerprint density at radius 2 is 2.04 bits per heavy atom. The number of piperidine rings is 1. The number of rotatable bonds is 4. The zero-order chi connectivity index (χ0) is 19.3. The molecule has 1 heterocycles. The molecule has 26 heavy (non-hydrogen) atoms. The van der Waals surface area contributed by atoms with E-state index in [1.165, 1.54) is 0 Å². The third kappa shape index (κ3) is 5.54. The molecule has 0 aromatic rings. The van der Waals surface area contributed by atoms with Crippen LogP contribution in [-0.4, -0.2) is 48.0 Å². The van der Waals surface area contributed by atoms with Gasteiger partial charge in [-0.15, -0.1) is 0 Å². The highest BCUT2D eigenvalue weighted by atomic mass is 16.6. The fourth-order valence-electron chi connectivity index (χ4n) is 2.78. The van der Waals surface area contributed by atoms with Crippen molar-refractivity contribution < 1.29 is 14.3 Å². The summed E-state index contributed by atoms with van der Waals surface area (Å²) in [5.74, 6) is 0.542. The summed E-state index contributed by atoms with van der Waals surface area (Å²) in [5, 5.41) is 11.4. The van der Waals surface area contributed by atoms with E-state index >= 15 is 0 Å². The maximum absolute atomic E-state index is 12.1. The molecule has 7 heteroatoms. The van der Waals surface area contributed by atoms with Crippen molar-refractivity contribution in [1.82, 2.24) is 10.2 Å². The molecule has 2 rings (SSSR count). The topological polar surface area (TPSA) is 101 Å². The van der Waals surface area contributed by atoms with Crippen LogP contribution in [0, 0.1) is 5.41 Å². The Bertz CT molecular complexity index is 636. The van der Waals surface area contributed by atoms with Crippen LogP contribution in [0.3, 0.4) is 0 Å². The molecule has 0 unspecified atom stereocenters. The van der Waals surface area contributed by atoms with Crippen molar-refractivity contribution >= 4 is 11.8 Å². The van der Waals surface area contributed by atoms with E-state index in [-0.39, 0.29) is 12.1 Å². The second-order valence-electron chi connectivity index (χ2n) is 7.46. The van der Waals surface area contributed by atoms with Crippen molar-refractivity contribution in [3.05, 3.63) is 35.4 Å². The van der Waals surface area contributed by atoms with Crippen molar-refractivity contribution in [2.75, 3.05) is 19.7 Å². The van der Waals surface area contributed by atoms with E-state index in [9.17, 15) is 4.79 Å². The Balaban J connectivity index is 1.86. The lowest BCUT2D eigenvalue weighted by molar-refractivity contribution is 0.0201. The van der Waals surface area contributed by atoms with Crippen LogP contribution in [0.1, 0.15) is 40.5 Å². The van der Waals surface area contributed by atoms with Gasteiger partial charge in [0.25, 0.3) is 0 Å². The number of nitrogens with one attached hydrogen (secondary N) is 2. The average molecular weight is 362 g/mol. The van der Waals surface area contributed by atoms with E-state index in [0.29, 0.717) is 36.9 Å². The lowest BCUT2D eigenvalue weighted by atomic mass is 10.0. The molecule has 4 N–H and O–H groups in total. The van der Waals surface area contributed by atoms with Crippen molar-refractivity contribution in [2.24, 2.45) is 5.73 Å². The largest absolute Gasteiger partial charge is 0.492 e. The minimum Gasteiger partial charge on any atom is -0.492 e. The van der Waals surface area contributed by atoms with E-state index in [2.05, 4.69) is 5.32 Å². The minimum absolute atomic E-state index is 0.251. The molecule has 2 aliphatic rings. The molecule has 144 valence electrons. The molecule has 0 aromatic heterocycles. The molecule has 7 nitrogen and oxygen atoms in total. The summed E-state index contributed by atoms with van der Waals surface area (Å²) in [5.41, 5.74) is 7.11. The first kappa shape index (κ1) is 19.9. The zero-order valence-corrected chi connectivity index (χ0v) is 16.1. The summed E-state index contributed by atoms with van der Waals surface area (Å²) in [4.78, 5) is 13.8. The van der Waals surface area contributed by atoms with Gasteiger partial charge >= 0.3 is 6.09 Å². The molecule has 0 saturated carbocycles. The van der Waals surface area contributed by atoms with Gasteiger partial charge in [-0.3, -0.25) is 0 Å². The van der Waals surface area contributed by atoms with Crippen molar-refractivity contribution in [1.29, 1.82) is 5.41 Å². The lowest BCUT2D eigenvalue weighted by Gasteiger charge is -2.33. The number of carbonyl (C=O) groups is 1. The summed E-state index contributed by atoms with van der Waals surface area (Å²) < 4.78 is 10.8. The Morgan fingerprint density at radius 3 is 2.62 bits per heavy atom. The summed E-state index contributed by atoms with van der Waals surface area (Å²) in [7, 11) is 0. The Hall–Kier alpha value is -2.44. The molecular weight excluding hydrogens is 332 g/mol. The number of hydrogen-bond acceptors (Lipinski definition) is 6. The van der Waals surface area contributed by atoms with Crippen LogP contribution in [0.5, 0.6) is 0 Å². The fourth-order valence-corrected chi connectivity index (χ4v) is 2.78. The molecule has 0 spiro atoms. The molecule has 0 aromatic carbocycles. The predicted octanol–water partition coefficient (Wildman–Crippen LogP) is 2.66. The number of nitrogens with two attached hydrogens (primary N) is 1. The molecule has 1 aliphatic heterocycles. The highest BCUT2D eigenvalue weighted by Crippen LogP contribution is 2.19. The second-order valence-corrected chi connectivity index (χ2v) is 7.46. The van der Waals surface area contributed by atoms with Gasteiger partial charge in [0.2, 0.25) is 0 Å². The first-order chi connectivity index (χ1) is 12.2. The van der Waals surface area contributed by atoms with Crippen LogP contribution >= 0.6 is 0 Å². The van der Waals surface area contributed by atoms with E-state index in [0.717, 1.165) is 18.4 Å². The van der Waals surface area contributed by atoms with Crippen LogP contribution in [-0.2, 0) is 9.47 Å². The first-order valence-electron chi connectivity index (χ1n) is 9.04. The maximum Gasteiger partial charge on any atom is 0.410 e. The molecular formula is C19H30N4O3. The van der Waals surface area contributed by atoms with Gasteiger partial charge in [0.05, 0.1) is 18.0 Å². The van der Waals surface area contributed by atoms with Gasteiger partial charge in [-0.2, -0.15) is 0 Å². The smallest absolute Gasteiger partial charge is 0.410 e. The normalized spacial score (nSPS) is 20.5. The summed E-state index contributed by atoms with van der Waals surface area (Å²) in [6, 6.07) is 0.251. The highest BCUT2D eigenvalue weighted by Gasteiger charge is 2.26.